The van der Waals surface area contributed by atoms with Crippen molar-refractivity contribution in [2.45, 2.75) is 0 Å². The van der Waals surface area contributed by atoms with Crippen LogP contribution in [0.3, 0.4) is 0 Å². The summed E-state index contributed by atoms with van der Waals surface area (Å²) >= 11 is 0. The van der Waals surface area contributed by atoms with Gasteiger partial charge in [0.25, 0.3) is 0 Å². The molecule has 228 valence electrons. The van der Waals surface area contributed by atoms with E-state index in [9.17, 15) is 0 Å². The van der Waals surface area contributed by atoms with Crippen molar-refractivity contribution in [1.82, 2.24) is 0 Å². The summed E-state index contributed by atoms with van der Waals surface area (Å²) in [5.41, 5.74) is 12.0. The molecular formula is C48H30O. The minimum atomic E-state index is 0.908. The summed E-state index contributed by atoms with van der Waals surface area (Å²) in [7, 11) is 0. The molecule has 0 atom stereocenters. The molecular weight excluding hydrogens is 593 g/mol. The van der Waals surface area contributed by atoms with Gasteiger partial charge in [0.2, 0.25) is 0 Å². The van der Waals surface area contributed by atoms with E-state index in [4.69, 9.17) is 4.74 Å². The Morgan fingerprint density at radius 3 is 1.51 bits per heavy atom. The van der Waals surface area contributed by atoms with E-state index >= 15 is 0 Å². The van der Waals surface area contributed by atoms with Crippen LogP contribution >= 0.6 is 0 Å². The van der Waals surface area contributed by atoms with Gasteiger partial charge in [0, 0.05) is 22.1 Å². The summed E-state index contributed by atoms with van der Waals surface area (Å²) in [6, 6.07) is 65.6. The highest BCUT2D eigenvalue weighted by atomic mass is 16.5. The Hall–Kier alpha value is -6.44. The zero-order valence-corrected chi connectivity index (χ0v) is 26.7. The molecule has 9 aromatic carbocycles. The molecule has 1 aliphatic rings. The molecule has 0 N–H and O–H groups in total. The molecule has 0 aromatic heterocycles. The first-order valence-electron chi connectivity index (χ1n) is 16.9. The van der Waals surface area contributed by atoms with Crippen LogP contribution in [0.1, 0.15) is 0 Å². The molecule has 0 saturated heterocycles. The Labute approximate surface area is 285 Å². The van der Waals surface area contributed by atoms with Gasteiger partial charge in [-0.25, -0.2) is 0 Å². The van der Waals surface area contributed by atoms with Crippen LogP contribution in [0.25, 0.3) is 88.0 Å². The van der Waals surface area contributed by atoms with Crippen LogP contribution in [0.15, 0.2) is 182 Å². The Bertz CT molecular complexity index is 2660. The van der Waals surface area contributed by atoms with E-state index < -0.39 is 0 Å². The fourth-order valence-electron chi connectivity index (χ4n) is 7.94. The van der Waals surface area contributed by atoms with Gasteiger partial charge in [-0.05, 0) is 78.0 Å². The third-order valence-corrected chi connectivity index (χ3v) is 10.1. The molecule has 49 heavy (non-hydrogen) atoms. The minimum absolute atomic E-state index is 0.908. The second-order valence-corrected chi connectivity index (χ2v) is 12.8. The summed E-state index contributed by atoms with van der Waals surface area (Å²) in [5, 5.41) is 7.22. The van der Waals surface area contributed by atoms with Crippen molar-refractivity contribution < 1.29 is 4.74 Å². The largest absolute Gasteiger partial charge is 0.455 e. The molecule has 1 nitrogen and oxygen atoms in total. The van der Waals surface area contributed by atoms with Crippen LogP contribution in [-0.4, -0.2) is 0 Å². The highest BCUT2D eigenvalue weighted by Crippen LogP contribution is 2.53. The fourth-order valence-corrected chi connectivity index (χ4v) is 7.94. The van der Waals surface area contributed by atoms with E-state index in [0.29, 0.717) is 0 Å². The van der Waals surface area contributed by atoms with Gasteiger partial charge in [-0.1, -0.05) is 170 Å². The second-order valence-electron chi connectivity index (χ2n) is 12.8. The molecule has 0 bridgehead atoms. The maximum atomic E-state index is 6.87. The second kappa shape index (κ2) is 11.1. The first kappa shape index (κ1) is 27.7. The van der Waals surface area contributed by atoms with Crippen molar-refractivity contribution in [2.24, 2.45) is 0 Å². The molecule has 0 unspecified atom stereocenters. The van der Waals surface area contributed by atoms with Crippen molar-refractivity contribution in [1.29, 1.82) is 0 Å². The Balaban J connectivity index is 1.26. The molecule has 0 aliphatic carbocycles. The lowest BCUT2D eigenvalue weighted by Gasteiger charge is -2.25. The van der Waals surface area contributed by atoms with Crippen molar-refractivity contribution in [3.8, 4) is 67.1 Å². The Kier molecular flexibility index (Phi) is 6.25. The number of para-hydroxylation sites is 1. The molecule has 1 aliphatic heterocycles. The van der Waals surface area contributed by atoms with E-state index in [-0.39, 0.29) is 0 Å². The first-order chi connectivity index (χ1) is 24.3. The van der Waals surface area contributed by atoms with Crippen LogP contribution < -0.4 is 4.74 Å². The summed E-state index contributed by atoms with van der Waals surface area (Å²) in [6.45, 7) is 0. The molecule has 0 saturated carbocycles. The lowest BCUT2D eigenvalue weighted by molar-refractivity contribution is 0.489. The first-order valence-corrected chi connectivity index (χ1v) is 16.9. The van der Waals surface area contributed by atoms with E-state index in [2.05, 4.69) is 182 Å². The minimum Gasteiger partial charge on any atom is -0.455 e. The number of hydrogen-bond donors (Lipinski definition) is 0. The van der Waals surface area contributed by atoms with E-state index in [1.807, 2.05) is 0 Å². The van der Waals surface area contributed by atoms with Crippen LogP contribution in [-0.2, 0) is 0 Å². The predicted molar refractivity (Wildman–Crippen MR) is 206 cm³/mol. The van der Waals surface area contributed by atoms with Crippen molar-refractivity contribution in [3.63, 3.8) is 0 Å². The zero-order valence-electron chi connectivity index (χ0n) is 26.7. The lowest BCUT2D eigenvalue weighted by Crippen LogP contribution is -2.00. The van der Waals surface area contributed by atoms with Crippen LogP contribution in [0.4, 0.5) is 0 Å². The smallest absolute Gasteiger partial charge is 0.143 e. The van der Waals surface area contributed by atoms with Gasteiger partial charge < -0.3 is 4.74 Å². The van der Waals surface area contributed by atoms with Gasteiger partial charge in [-0.2, -0.15) is 0 Å². The quantitative estimate of drug-likeness (QED) is 0.177. The maximum Gasteiger partial charge on any atom is 0.143 e. The third-order valence-electron chi connectivity index (χ3n) is 10.1. The Morgan fingerprint density at radius 1 is 0.306 bits per heavy atom. The summed E-state index contributed by atoms with van der Waals surface area (Å²) in [6.07, 6.45) is 0. The SMILES string of the molecule is c1ccc(-c2ccc(-c3c4ccccc4c(-c4cccc5c4Oc4cccc6cccc-5c46)c4ccccc34)cc2-c2ccccc2)cc1. The third kappa shape index (κ3) is 4.33. The molecule has 0 spiro atoms. The molecule has 10 rings (SSSR count). The maximum absolute atomic E-state index is 6.87. The van der Waals surface area contributed by atoms with E-state index in [0.717, 1.165) is 22.6 Å². The zero-order chi connectivity index (χ0) is 32.3. The topological polar surface area (TPSA) is 9.23 Å². The molecule has 1 heteroatoms. The van der Waals surface area contributed by atoms with Crippen LogP contribution in [0, 0.1) is 0 Å². The molecule has 0 fully saturated rings. The predicted octanol–water partition coefficient (Wildman–Crippen LogP) is 13.6. The van der Waals surface area contributed by atoms with Crippen molar-refractivity contribution in [2.75, 3.05) is 0 Å². The van der Waals surface area contributed by atoms with Gasteiger partial charge in [-0.15, -0.1) is 0 Å². The monoisotopic (exact) mass is 622 g/mol. The van der Waals surface area contributed by atoms with Crippen LogP contribution in [0.2, 0.25) is 0 Å². The molecule has 0 radical (unpaired) electrons. The van der Waals surface area contributed by atoms with E-state index in [1.54, 1.807) is 0 Å². The lowest BCUT2D eigenvalue weighted by atomic mass is 9.83. The normalized spacial score (nSPS) is 11.8. The fraction of sp³-hybridized carbons (Fsp3) is 0. The number of benzene rings is 9. The summed E-state index contributed by atoms with van der Waals surface area (Å²) in [4.78, 5) is 0. The highest BCUT2D eigenvalue weighted by Gasteiger charge is 2.25. The number of rotatable bonds is 4. The summed E-state index contributed by atoms with van der Waals surface area (Å²) in [5.74, 6) is 1.82. The number of hydrogen-bond acceptors (Lipinski definition) is 1. The molecule has 9 aromatic rings. The molecule has 1 heterocycles. The van der Waals surface area contributed by atoms with Crippen molar-refractivity contribution >= 4 is 32.3 Å². The van der Waals surface area contributed by atoms with Gasteiger partial charge >= 0.3 is 0 Å². The van der Waals surface area contributed by atoms with Gasteiger partial charge in [0.15, 0.2) is 0 Å². The average molecular weight is 623 g/mol. The van der Waals surface area contributed by atoms with E-state index in [1.165, 1.54) is 76.8 Å². The highest BCUT2D eigenvalue weighted by molar-refractivity contribution is 6.22. The van der Waals surface area contributed by atoms with Gasteiger partial charge in [0.05, 0.1) is 0 Å². The average Bonchev–Trinajstić information content (AvgIpc) is 3.17. The van der Waals surface area contributed by atoms with Crippen molar-refractivity contribution in [3.05, 3.63) is 182 Å². The number of ether oxygens (including phenoxy) is 1. The Morgan fingerprint density at radius 2 is 0.837 bits per heavy atom. The molecule has 0 amide bonds. The van der Waals surface area contributed by atoms with Gasteiger partial charge in [0.1, 0.15) is 11.5 Å². The standard InChI is InChI=1S/C48H30O/c1-3-14-31(15-4-1)35-29-28-34(30-43(35)32-16-5-2-6-17-32)45-36-20-7-9-22-38(36)47(39-23-10-8-21-37(39)45)42-26-13-25-41-40-24-11-18-33-19-12-27-44(46(33)40)49-48(41)42/h1-30H. The van der Waals surface area contributed by atoms with Crippen LogP contribution in [0.5, 0.6) is 11.5 Å². The van der Waals surface area contributed by atoms with Gasteiger partial charge in [-0.3, -0.25) is 0 Å². The summed E-state index contributed by atoms with van der Waals surface area (Å²) < 4.78 is 6.87. The number of fused-ring (bicyclic) bond motifs is 4.